The van der Waals surface area contributed by atoms with Crippen molar-refractivity contribution in [1.82, 2.24) is 19.8 Å². The lowest BCUT2D eigenvalue weighted by atomic mass is 10.0. The molecule has 2 amide bonds. The highest BCUT2D eigenvalue weighted by atomic mass is 35.5. The van der Waals surface area contributed by atoms with Crippen molar-refractivity contribution < 1.29 is 31.9 Å². The number of halogens is 5. The molecule has 2 N–H and O–H groups in total. The molecule has 1 aliphatic rings. The first-order valence-electron chi connectivity index (χ1n) is 13.3. The first kappa shape index (κ1) is 30.6. The zero-order valence-electron chi connectivity index (χ0n) is 23.0. The largest absolute Gasteiger partial charge is 0.494 e. The molecule has 0 radical (unpaired) electrons. The van der Waals surface area contributed by atoms with Crippen LogP contribution in [0.15, 0.2) is 46.9 Å². The number of hydrogen-bond donors (Lipinski definition) is 1. The number of carbonyl (C=O) groups excluding carboxylic acids is 2. The Labute approximate surface area is 254 Å². The number of aromatic nitrogens is 2. The van der Waals surface area contributed by atoms with Gasteiger partial charge in [0, 0.05) is 37.0 Å². The molecule has 9 nitrogen and oxygen atoms in total. The number of nitrogens with two attached hydrogens (primary N) is 1. The number of benzene rings is 2. The smallest absolute Gasteiger partial charge is 0.433 e. The zero-order valence-corrected chi connectivity index (χ0v) is 24.6. The fraction of sp³-hybridized carbons (Fsp3) is 0.310. The fourth-order valence-corrected chi connectivity index (χ4v) is 5.40. The number of hydrogen-bond acceptors (Lipinski definition) is 7. The number of ether oxygens (including phenoxy) is 1. The summed E-state index contributed by atoms with van der Waals surface area (Å²) in [7, 11) is 1.32. The number of nitrogens with zero attached hydrogens (tertiary/aromatic N) is 4. The van der Waals surface area contributed by atoms with Gasteiger partial charge in [0.1, 0.15) is 17.0 Å². The van der Waals surface area contributed by atoms with E-state index in [2.05, 4.69) is 9.97 Å². The van der Waals surface area contributed by atoms with Crippen LogP contribution in [0.25, 0.3) is 22.4 Å². The minimum atomic E-state index is -4.66. The third-order valence-corrected chi connectivity index (χ3v) is 8.00. The van der Waals surface area contributed by atoms with Gasteiger partial charge in [0.25, 0.3) is 5.91 Å². The molecule has 4 aromatic rings. The second-order valence-corrected chi connectivity index (χ2v) is 10.6. The van der Waals surface area contributed by atoms with Crippen LogP contribution in [0.3, 0.4) is 0 Å². The summed E-state index contributed by atoms with van der Waals surface area (Å²) in [6.07, 6.45) is -4.38. The number of oxazole rings is 1. The lowest BCUT2D eigenvalue weighted by Crippen LogP contribution is -2.52. The predicted molar refractivity (Wildman–Crippen MR) is 154 cm³/mol. The maximum absolute atomic E-state index is 13.8. The minimum absolute atomic E-state index is 0.0150. The Morgan fingerprint density at radius 3 is 2.51 bits per heavy atom. The second-order valence-electron chi connectivity index (χ2n) is 9.78. The van der Waals surface area contributed by atoms with Crippen LogP contribution < -0.4 is 10.5 Å². The van der Waals surface area contributed by atoms with E-state index in [4.69, 9.17) is 38.1 Å². The van der Waals surface area contributed by atoms with Gasteiger partial charge in [-0.2, -0.15) is 13.2 Å². The first-order valence-corrected chi connectivity index (χ1v) is 14.0. The number of amides is 2. The van der Waals surface area contributed by atoms with E-state index in [1.54, 1.807) is 41.0 Å². The zero-order chi connectivity index (χ0) is 31.1. The minimum Gasteiger partial charge on any atom is -0.494 e. The van der Waals surface area contributed by atoms with Crippen LogP contribution in [0.1, 0.15) is 46.9 Å². The van der Waals surface area contributed by atoms with E-state index in [0.717, 1.165) is 6.07 Å². The van der Waals surface area contributed by atoms with Crippen LogP contribution in [0.2, 0.25) is 10.0 Å². The quantitative estimate of drug-likeness (QED) is 0.271. The van der Waals surface area contributed by atoms with Gasteiger partial charge in [0.05, 0.1) is 29.7 Å². The number of pyridine rings is 1. The van der Waals surface area contributed by atoms with Crippen molar-refractivity contribution in [1.29, 1.82) is 0 Å². The van der Waals surface area contributed by atoms with E-state index >= 15 is 0 Å². The van der Waals surface area contributed by atoms with Gasteiger partial charge in [0.15, 0.2) is 11.5 Å². The average Bonchev–Trinajstić information content (AvgIpc) is 3.44. The summed E-state index contributed by atoms with van der Waals surface area (Å²) in [5.41, 5.74) is 5.77. The average molecular weight is 636 g/mol. The Kier molecular flexibility index (Phi) is 8.55. The number of alkyl halides is 3. The highest BCUT2D eigenvalue weighted by Crippen LogP contribution is 2.37. The number of methoxy groups -OCH3 is 1. The summed E-state index contributed by atoms with van der Waals surface area (Å²) in [6, 6.07) is 9.69. The molecule has 0 aliphatic carbocycles. The lowest BCUT2D eigenvalue weighted by Gasteiger charge is -2.41. The van der Waals surface area contributed by atoms with Gasteiger partial charge < -0.3 is 24.7 Å². The maximum Gasteiger partial charge on any atom is 0.433 e. The molecule has 1 atom stereocenters. The molecule has 5 rings (SSSR count). The van der Waals surface area contributed by atoms with Gasteiger partial charge in [-0.15, -0.1) is 0 Å². The molecule has 226 valence electrons. The molecule has 2 aromatic heterocycles. The van der Waals surface area contributed by atoms with Crippen molar-refractivity contribution in [2.75, 3.05) is 26.7 Å². The predicted octanol–water partition coefficient (Wildman–Crippen LogP) is 6.12. The topological polar surface area (TPSA) is 115 Å². The Bertz CT molecular complexity index is 1710. The van der Waals surface area contributed by atoms with E-state index < -0.39 is 23.8 Å². The van der Waals surface area contributed by atoms with Crippen LogP contribution in [0, 0.1) is 0 Å². The Hall–Kier alpha value is -3.87. The molecule has 1 saturated heterocycles. The molecule has 0 spiro atoms. The molecule has 2 aromatic carbocycles. The number of piperazine rings is 1. The molecular formula is C29H26Cl2F3N5O4. The van der Waals surface area contributed by atoms with Crippen LogP contribution in [-0.4, -0.2) is 58.3 Å². The summed E-state index contributed by atoms with van der Waals surface area (Å²) < 4.78 is 51.3. The number of carbonyl (C=O) groups is 2. The van der Waals surface area contributed by atoms with E-state index in [-0.39, 0.29) is 72.5 Å². The highest BCUT2D eigenvalue weighted by molar-refractivity contribution is 6.42. The van der Waals surface area contributed by atoms with Crippen molar-refractivity contribution in [3.8, 4) is 17.2 Å². The van der Waals surface area contributed by atoms with Crippen molar-refractivity contribution in [2.45, 2.75) is 32.1 Å². The monoisotopic (exact) mass is 635 g/mol. The molecule has 0 saturated carbocycles. The van der Waals surface area contributed by atoms with E-state index in [0.29, 0.717) is 21.2 Å². The van der Waals surface area contributed by atoms with Crippen molar-refractivity contribution in [3.05, 3.63) is 75.2 Å². The third-order valence-electron chi connectivity index (χ3n) is 7.27. The summed E-state index contributed by atoms with van der Waals surface area (Å²) in [5, 5.41) is 0.963. The SMILES string of the molecule is CCC(=O)N1CCN(C(=O)c2nc(-c3ccc(OC)c4nc(C(F)(F)F)ccc34)oc2CN)C[C@H]1c1ccc(Cl)c(Cl)c1. The standard InChI is InChI=1S/C29H26Cl2F3N5O4/c1-3-24(40)39-11-10-38(14-20(39)15-4-7-18(30)19(31)12-15)28(41)26-22(13-35)43-27(37-26)17-5-8-21(42-2)25-16(17)6-9-23(36-25)29(32,33)34/h4-9,12,20H,3,10-11,13-14,35H2,1-2H3/t20-/m0/s1. The Morgan fingerprint density at radius 1 is 1.09 bits per heavy atom. The fourth-order valence-electron chi connectivity index (χ4n) is 5.10. The molecule has 0 unspecified atom stereocenters. The third kappa shape index (κ3) is 5.86. The highest BCUT2D eigenvalue weighted by Gasteiger charge is 2.36. The van der Waals surface area contributed by atoms with Gasteiger partial charge in [-0.1, -0.05) is 36.2 Å². The Morgan fingerprint density at radius 2 is 1.86 bits per heavy atom. The molecule has 14 heteroatoms. The molecular weight excluding hydrogens is 610 g/mol. The van der Waals surface area contributed by atoms with Gasteiger partial charge in [0.2, 0.25) is 11.8 Å². The first-order chi connectivity index (χ1) is 20.5. The summed E-state index contributed by atoms with van der Waals surface area (Å²) in [4.78, 5) is 38.1. The molecule has 1 aliphatic heterocycles. The van der Waals surface area contributed by atoms with Gasteiger partial charge in [-0.3, -0.25) is 9.59 Å². The molecule has 0 bridgehead atoms. The molecule has 3 heterocycles. The van der Waals surface area contributed by atoms with Crippen LogP contribution >= 0.6 is 23.2 Å². The summed E-state index contributed by atoms with van der Waals surface area (Å²) in [6.45, 7) is 2.23. The van der Waals surface area contributed by atoms with Crippen LogP contribution in [0.4, 0.5) is 13.2 Å². The Balaban J connectivity index is 1.51. The van der Waals surface area contributed by atoms with Crippen molar-refractivity contribution >= 4 is 45.9 Å². The van der Waals surface area contributed by atoms with Crippen LogP contribution in [-0.2, 0) is 17.5 Å². The van der Waals surface area contributed by atoms with Gasteiger partial charge >= 0.3 is 6.18 Å². The van der Waals surface area contributed by atoms with E-state index in [1.807, 2.05) is 0 Å². The normalized spacial score (nSPS) is 15.7. The lowest BCUT2D eigenvalue weighted by molar-refractivity contribution is -0.141. The van der Waals surface area contributed by atoms with E-state index in [9.17, 15) is 22.8 Å². The van der Waals surface area contributed by atoms with Gasteiger partial charge in [-0.05, 0) is 42.0 Å². The summed E-state index contributed by atoms with van der Waals surface area (Å²) in [5.74, 6) is -0.344. The van der Waals surface area contributed by atoms with Gasteiger partial charge in [-0.25, -0.2) is 9.97 Å². The summed E-state index contributed by atoms with van der Waals surface area (Å²) >= 11 is 12.4. The van der Waals surface area contributed by atoms with E-state index in [1.165, 1.54) is 19.2 Å². The molecule has 1 fully saturated rings. The van der Waals surface area contributed by atoms with Crippen LogP contribution in [0.5, 0.6) is 5.75 Å². The van der Waals surface area contributed by atoms with Crippen molar-refractivity contribution in [3.63, 3.8) is 0 Å². The molecule has 43 heavy (non-hydrogen) atoms. The second kappa shape index (κ2) is 12.0. The number of rotatable bonds is 6. The van der Waals surface area contributed by atoms with Crippen molar-refractivity contribution in [2.24, 2.45) is 5.73 Å². The maximum atomic E-state index is 13.8. The number of fused-ring (bicyclic) bond motifs is 1.